The summed E-state index contributed by atoms with van der Waals surface area (Å²) in [6.45, 7) is 5.89. The fraction of sp³-hybridized carbons (Fsp3) is 0.364. The first kappa shape index (κ1) is 19.5. The molecule has 0 saturated heterocycles. The number of rotatable bonds is 7. The maximum absolute atomic E-state index is 12.1. The molecule has 0 spiro atoms. The highest BCUT2D eigenvalue weighted by molar-refractivity contribution is 7.99. The molecule has 1 heterocycles. The van der Waals surface area contributed by atoms with E-state index in [1.165, 1.54) is 5.56 Å². The molecule has 1 unspecified atom stereocenters. The Morgan fingerprint density at radius 1 is 1.11 bits per heavy atom. The normalized spacial score (nSPS) is 13.0. The van der Waals surface area contributed by atoms with E-state index < -0.39 is 17.4 Å². The summed E-state index contributed by atoms with van der Waals surface area (Å²) < 4.78 is 1.91. The minimum atomic E-state index is -0.822. The Morgan fingerprint density at radius 2 is 1.78 bits per heavy atom. The number of nitrogens with zero attached hydrogens (tertiary/aromatic N) is 2. The summed E-state index contributed by atoms with van der Waals surface area (Å²) in [7, 11) is 0. The van der Waals surface area contributed by atoms with Crippen LogP contribution in [0.3, 0.4) is 0 Å². The molecule has 0 saturated carbocycles. The molecule has 0 bridgehead atoms. The SMILES string of the molecule is CC(C)(C)C(C(=O)O)n1c(SCCCc2ccccc2)nc2ccccc21. The summed E-state index contributed by atoms with van der Waals surface area (Å²) in [6.07, 6.45) is 2.03. The summed E-state index contributed by atoms with van der Waals surface area (Å²) in [5.74, 6) is 0.0751. The van der Waals surface area contributed by atoms with Crippen molar-refractivity contribution in [2.45, 2.75) is 44.8 Å². The molecule has 0 amide bonds. The molecule has 1 aromatic heterocycles. The summed E-state index contributed by atoms with van der Waals surface area (Å²) >= 11 is 1.64. The van der Waals surface area contributed by atoms with Crippen molar-refractivity contribution in [1.29, 1.82) is 0 Å². The van der Waals surface area contributed by atoms with Crippen molar-refractivity contribution in [1.82, 2.24) is 9.55 Å². The lowest BCUT2D eigenvalue weighted by molar-refractivity contribution is -0.144. The Hall–Kier alpha value is -2.27. The maximum Gasteiger partial charge on any atom is 0.327 e. The second kappa shape index (κ2) is 8.17. The number of carboxylic acids is 1. The summed E-state index contributed by atoms with van der Waals surface area (Å²) in [5, 5.41) is 10.7. The van der Waals surface area contributed by atoms with E-state index in [2.05, 4.69) is 24.3 Å². The Kier molecular flexibility index (Phi) is 5.90. The molecule has 0 fully saturated rings. The fourth-order valence-electron chi connectivity index (χ4n) is 3.33. The molecule has 5 heteroatoms. The van der Waals surface area contributed by atoms with Crippen LogP contribution in [-0.4, -0.2) is 26.4 Å². The van der Waals surface area contributed by atoms with Gasteiger partial charge in [-0.25, -0.2) is 9.78 Å². The lowest BCUT2D eigenvalue weighted by atomic mass is 9.86. The van der Waals surface area contributed by atoms with Crippen molar-refractivity contribution >= 4 is 28.8 Å². The number of aryl methyl sites for hydroxylation is 1. The average molecular weight is 383 g/mol. The monoisotopic (exact) mass is 382 g/mol. The van der Waals surface area contributed by atoms with Crippen LogP contribution in [0, 0.1) is 5.41 Å². The Morgan fingerprint density at radius 3 is 2.44 bits per heavy atom. The zero-order valence-corrected chi connectivity index (χ0v) is 16.9. The Bertz CT molecular complexity index is 913. The van der Waals surface area contributed by atoms with E-state index in [1.807, 2.05) is 55.7 Å². The molecule has 1 atom stereocenters. The number of aromatic nitrogens is 2. The van der Waals surface area contributed by atoms with Crippen molar-refractivity contribution in [3.05, 3.63) is 60.2 Å². The molecule has 0 aliphatic carbocycles. The van der Waals surface area contributed by atoms with Crippen molar-refractivity contribution in [2.75, 3.05) is 5.75 Å². The van der Waals surface area contributed by atoms with Gasteiger partial charge in [-0.3, -0.25) is 0 Å². The van der Waals surface area contributed by atoms with Gasteiger partial charge in [-0.2, -0.15) is 0 Å². The predicted octanol–water partition coefficient (Wildman–Crippen LogP) is 5.43. The van der Waals surface area contributed by atoms with Crippen LogP contribution in [0.5, 0.6) is 0 Å². The molecule has 3 rings (SSSR count). The Balaban J connectivity index is 1.85. The number of fused-ring (bicyclic) bond motifs is 1. The van der Waals surface area contributed by atoms with Crippen LogP contribution >= 0.6 is 11.8 Å². The van der Waals surface area contributed by atoms with Crippen molar-refractivity contribution < 1.29 is 9.90 Å². The molecular formula is C22H26N2O2S. The van der Waals surface area contributed by atoms with Gasteiger partial charge in [0.15, 0.2) is 5.16 Å². The molecule has 3 aromatic rings. The third kappa shape index (κ3) is 4.53. The van der Waals surface area contributed by atoms with Crippen LogP contribution in [0.4, 0.5) is 0 Å². The van der Waals surface area contributed by atoms with Gasteiger partial charge >= 0.3 is 5.97 Å². The minimum absolute atomic E-state index is 0.422. The average Bonchev–Trinajstić information content (AvgIpc) is 2.96. The van der Waals surface area contributed by atoms with Crippen LogP contribution in [0.2, 0.25) is 0 Å². The lowest BCUT2D eigenvalue weighted by Crippen LogP contribution is -2.32. The number of hydrogen-bond donors (Lipinski definition) is 1. The van der Waals surface area contributed by atoms with Gasteiger partial charge < -0.3 is 9.67 Å². The number of para-hydroxylation sites is 2. The number of imidazole rings is 1. The highest BCUT2D eigenvalue weighted by atomic mass is 32.2. The third-order valence-corrected chi connectivity index (χ3v) is 5.60. The number of benzene rings is 2. The molecule has 1 N–H and O–H groups in total. The highest BCUT2D eigenvalue weighted by Gasteiger charge is 2.35. The largest absolute Gasteiger partial charge is 0.480 e. The number of carbonyl (C=O) groups is 1. The first-order valence-corrected chi connectivity index (χ1v) is 10.2. The number of carboxylic acid groups (broad SMARTS) is 1. The zero-order chi connectivity index (χ0) is 19.4. The lowest BCUT2D eigenvalue weighted by Gasteiger charge is -2.29. The van der Waals surface area contributed by atoms with E-state index in [4.69, 9.17) is 4.98 Å². The van der Waals surface area contributed by atoms with Gasteiger partial charge in [0.2, 0.25) is 0 Å². The highest BCUT2D eigenvalue weighted by Crippen LogP contribution is 2.37. The summed E-state index contributed by atoms with van der Waals surface area (Å²) in [5.41, 5.74) is 2.63. The molecular weight excluding hydrogens is 356 g/mol. The number of aliphatic carboxylic acids is 1. The van der Waals surface area contributed by atoms with Crippen molar-refractivity contribution in [3.8, 4) is 0 Å². The van der Waals surface area contributed by atoms with Crippen LogP contribution in [0.25, 0.3) is 11.0 Å². The van der Waals surface area contributed by atoms with Crippen LogP contribution < -0.4 is 0 Å². The third-order valence-electron chi connectivity index (χ3n) is 4.56. The van der Waals surface area contributed by atoms with E-state index in [-0.39, 0.29) is 0 Å². The van der Waals surface area contributed by atoms with Gasteiger partial charge in [-0.1, -0.05) is 75.0 Å². The molecule has 0 aliphatic heterocycles. The van der Waals surface area contributed by atoms with Gasteiger partial charge in [-0.15, -0.1) is 0 Å². The standard InChI is InChI=1S/C22H26N2O2S/c1-22(2,3)19(20(25)26)24-18-14-8-7-13-17(18)23-21(24)27-15-9-12-16-10-5-4-6-11-16/h4-8,10-11,13-14,19H,9,12,15H2,1-3H3,(H,25,26). The maximum atomic E-state index is 12.1. The van der Waals surface area contributed by atoms with E-state index in [0.29, 0.717) is 0 Å². The van der Waals surface area contributed by atoms with Gasteiger partial charge in [0.05, 0.1) is 11.0 Å². The van der Waals surface area contributed by atoms with Gasteiger partial charge in [0, 0.05) is 5.75 Å². The van der Waals surface area contributed by atoms with Gasteiger partial charge in [0.25, 0.3) is 0 Å². The second-order valence-corrected chi connectivity index (χ2v) is 8.86. The first-order chi connectivity index (χ1) is 12.9. The van der Waals surface area contributed by atoms with Gasteiger partial charge in [-0.05, 0) is 36.0 Å². The number of hydrogen-bond acceptors (Lipinski definition) is 3. The van der Waals surface area contributed by atoms with Crippen LogP contribution in [0.15, 0.2) is 59.8 Å². The molecule has 2 aromatic carbocycles. The van der Waals surface area contributed by atoms with Crippen molar-refractivity contribution in [3.63, 3.8) is 0 Å². The van der Waals surface area contributed by atoms with Crippen molar-refractivity contribution in [2.24, 2.45) is 5.41 Å². The molecule has 0 radical (unpaired) electrons. The van der Waals surface area contributed by atoms with Crippen LogP contribution in [-0.2, 0) is 11.2 Å². The fourth-order valence-corrected chi connectivity index (χ4v) is 4.30. The molecule has 142 valence electrons. The van der Waals surface area contributed by atoms with E-state index >= 15 is 0 Å². The topological polar surface area (TPSA) is 55.1 Å². The molecule has 27 heavy (non-hydrogen) atoms. The van der Waals surface area contributed by atoms with E-state index in [0.717, 1.165) is 34.8 Å². The quantitative estimate of drug-likeness (QED) is 0.437. The predicted molar refractivity (Wildman–Crippen MR) is 111 cm³/mol. The first-order valence-electron chi connectivity index (χ1n) is 9.24. The molecule has 4 nitrogen and oxygen atoms in total. The molecule has 0 aliphatic rings. The van der Waals surface area contributed by atoms with E-state index in [9.17, 15) is 9.90 Å². The van der Waals surface area contributed by atoms with Crippen LogP contribution in [0.1, 0.15) is 38.8 Å². The number of thioether (sulfide) groups is 1. The minimum Gasteiger partial charge on any atom is -0.480 e. The summed E-state index contributed by atoms with van der Waals surface area (Å²) in [6, 6.07) is 17.5. The second-order valence-electron chi connectivity index (χ2n) is 7.80. The van der Waals surface area contributed by atoms with E-state index in [1.54, 1.807) is 11.8 Å². The Labute approximate surface area is 164 Å². The zero-order valence-electron chi connectivity index (χ0n) is 16.1. The summed E-state index contributed by atoms with van der Waals surface area (Å²) in [4.78, 5) is 16.8. The smallest absolute Gasteiger partial charge is 0.327 e. The van der Waals surface area contributed by atoms with Gasteiger partial charge in [0.1, 0.15) is 6.04 Å².